The molecule has 0 fully saturated rings. The quantitative estimate of drug-likeness (QED) is 0.732. The van der Waals surface area contributed by atoms with Crippen molar-refractivity contribution in [1.82, 2.24) is 0 Å². The molecule has 44 valence electrons. The second kappa shape index (κ2) is 1.26. The van der Waals surface area contributed by atoms with Crippen LogP contribution in [0.5, 0.6) is 5.75 Å². The van der Waals surface area contributed by atoms with E-state index < -0.39 is 0 Å². The number of aromatic hydroxyl groups is 1. The van der Waals surface area contributed by atoms with Gasteiger partial charge >= 0.3 is 41.2 Å². The van der Waals surface area contributed by atoms with Gasteiger partial charge in [0.05, 0.1) is 0 Å². The van der Waals surface area contributed by atoms with Gasteiger partial charge < -0.3 is 0 Å². The van der Waals surface area contributed by atoms with Crippen molar-refractivity contribution in [1.29, 1.82) is 0 Å². The zero-order chi connectivity index (χ0) is 5.98. The van der Waals surface area contributed by atoms with Gasteiger partial charge in [0.15, 0.2) is 0 Å². The number of rotatable bonds is 0. The summed E-state index contributed by atoms with van der Waals surface area (Å²) in [6, 6.07) is 8.42. The van der Waals surface area contributed by atoms with Gasteiger partial charge in [0.25, 0.3) is 0 Å². The van der Waals surface area contributed by atoms with Crippen molar-refractivity contribution in [2.24, 2.45) is 0 Å². The molecule has 1 aromatic rings. The molecule has 0 amide bonds. The minimum atomic E-state index is 0.340. The van der Waals surface area contributed by atoms with E-state index in [1.54, 1.807) is 12.1 Å². The fraction of sp³-hybridized carbons (Fsp3) is 0. The van der Waals surface area contributed by atoms with E-state index in [1.807, 2.05) is 12.1 Å². The molecule has 0 aromatic heterocycles. The summed E-state index contributed by atoms with van der Waals surface area (Å²) in [5, 5.41) is 8.76. The third kappa shape index (κ3) is 0.570. The Bertz CT molecular complexity index is 147. The second-order valence-electron chi connectivity index (χ2n) is 1.45. The van der Waals surface area contributed by atoms with Crippen molar-refractivity contribution in [2.45, 2.75) is 0 Å². The molecule has 0 atom stereocenters. The predicted molar refractivity (Wildman–Crippen MR) is 27.7 cm³/mol. The average Bonchev–Trinajstić information content (AvgIpc) is 1.77. The molecule has 2 heteroatoms. The van der Waals surface area contributed by atoms with Crippen LogP contribution in [0.15, 0.2) is 24.3 Å². The van der Waals surface area contributed by atoms with Crippen LogP contribution in [0.2, 0.25) is 0 Å². The first-order valence-electron chi connectivity index (χ1n) is 2.21. The van der Waals surface area contributed by atoms with E-state index in [0.717, 1.165) is 0 Å². The van der Waals surface area contributed by atoms with Gasteiger partial charge in [-0.15, -0.1) is 0 Å². The molecule has 0 aliphatic rings. The molecule has 0 aliphatic heterocycles. The molecule has 0 saturated heterocycles. The number of hydrogen-bond acceptors (Lipinski definition) is 1. The van der Waals surface area contributed by atoms with E-state index in [4.69, 9.17) is 5.11 Å². The third-order valence-corrected chi connectivity index (χ3v) is 1.74. The standard InChI is InChI=1S/C6H5O.Bk/c7-6-4-2-1-3-5-6;/h2-5,7H;. The van der Waals surface area contributed by atoms with Gasteiger partial charge in [0, 0.05) is 0 Å². The van der Waals surface area contributed by atoms with Crippen LogP contribution in [0.1, 0.15) is 0 Å². The number of phenolic OH excluding ortho intramolecular Hbond substituents is 1. The summed E-state index contributed by atoms with van der Waals surface area (Å²) < 4.78 is 1.54. The summed E-state index contributed by atoms with van der Waals surface area (Å²) in [5.41, 5.74) is 0. The minimum absolute atomic E-state index is 0.340. The van der Waals surface area contributed by atoms with Crippen molar-refractivity contribution < 1.29 is 5.11 Å². The summed E-state index contributed by atoms with van der Waals surface area (Å²) in [7, 11) is 0. The maximum atomic E-state index is 8.76. The Morgan fingerprint density at radius 1 is 1.12 bits per heavy atom. The van der Waals surface area contributed by atoms with Gasteiger partial charge in [-0.1, -0.05) is 0 Å². The summed E-state index contributed by atoms with van der Waals surface area (Å²) in [6.45, 7) is 0. The van der Waals surface area contributed by atoms with E-state index in [9.17, 15) is 0 Å². The molecule has 1 nitrogen and oxygen atoms in total. The topological polar surface area (TPSA) is 20.2 Å². The SMILES string of the molecule is Oc1cc[c]([Bk])cc1. The molecule has 1 aromatic carbocycles. The summed E-state index contributed by atoms with van der Waals surface area (Å²) in [4.78, 5) is 0. The van der Waals surface area contributed by atoms with E-state index in [2.05, 4.69) is 0 Å². The van der Waals surface area contributed by atoms with Gasteiger partial charge in [0.1, 0.15) is 0 Å². The summed E-state index contributed by atoms with van der Waals surface area (Å²) in [6.07, 6.45) is 0. The molecule has 0 spiro atoms. The molecule has 1 N–H and O–H groups in total. The van der Waals surface area contributed by atoms with E-state index in [0.29, 0.717) is 5.75 Å². The van der Waals surface area contributed by atoms with E-state index in [1.165, 1.54) is 6.07 Å². The molecular weight excluding hydrogens is 335 g/mol. The van der Waals surface area contributed by atoms with Crippen LogP contribution >= 0.6 is 0 Å². The van der Waals surface area contributed by atoms with Crippen molar-refractivity contribution in [3.8, 4) is 5.75 Å². The molecule has 0 radical (unpaired) electrons. The molecular formula is C6H5BkO. The molecule has 0 saturated carbocycles. The Hall–Kier alpha value is -1.98. The zero-order valence-electron chi connectivity index (χ0n) is 4.09. The molecule has 0 heterocycles. The van der Waals surface area contributed by atoms with Crippen LogP contribution < -0.4 is 6.07 Å². The summed E-state index contributed by atoms with van der Waals surface area (Å²) >= 11 is 0. The van der Waals surface area contributed by atoms with Crippen molar-refractivity contribution in [2.75, 3.05) is 0 Å². The Labute approximate surface area is 42.2 Å². The normalized spacial score (nSPS) is 9.25. The molecule has 1 rings (SSSR count). The Morgan fingerprint density at radius 3 is 2.00 bits per heavy atom. The third-order valence-electron chi connectivity index (χ3n) is 0.812. The maximum absolute atomic E-state index is 8.76. The van der Waals surface area contributed by atoms with Gasteiger partial charge in [-0.05, 0) is 0 Å². The Kier molecular flexibility index (Phi) is 0.660. The fourth-order valence-electron chi connectivity index (χ4n) is 0.434. The predicted octanol–water partition coefficient (Wildman–Crippen LogP) is 0.567. The van der Waals surface area contributed by atoms with Crippen LogP contribution in [-0.2, 0) is 0 Å². The second-order valence-corrected chi connectivity index (χ2v) is 3.05. The molecule has 0 bridgehead atoms. The van der Waals surface area contributed by atoms with Crippen LogP contribution in [-0.4, -0.2) is 5.11 Å². The van der Waals surface area contributed by atoms with Crippen LogP contribution in [0.4, 0.5) is 0 Å². The zero-order valence-corrected chi connectivity index (χ0v) is 6.87. The number of hydrogen-bond donors (Lipinski definition) is 1. The molecule has 0 aliphatic carbocycles. The van der Waals surface area contributed by atoms with Gasteiger partial charge in [-0.2, -0.15) is 0 Å². The monoisotopic (exact) mass is 340 g/mol. The molecule has 8 heavy (non-hydrogen) atoms. The number of benzene rings is 1. The Balaban J connectivity index is 3.03. The van der Waals surface area contributed by atoms with Crippen molar-refractivity contribution in [3.05, 3.63) is 24.3 Å². The first-order chi connectivity index (χ1) is 3.79. The summed E-state index contributed by atoms with van der Waals surface area (Å²) in [5.74, 6) is 0.340. The van der Waals surface area contributed by atoms with Crippen molar-refractivity contribution in [3.63, 3.8) is 0 Å². The van der Waals surface area contributed by atoms with E-state index in [-0.39, 0.29) is 0 Å². The first-order valence-corrected chi connectivity index (χ1v) is 3.60. The Morgan fingerprint density at radius 2 is 1.62 bits per heavy atom. The van der Waals surface area contributed by atoms with Crippen molar-refractivity contribution >= 4 is 6.07 Å². The molecule has 0 unspecified atom stereocenters. The van der Waals surface area contributed by atoms with Crippen LogP contribution in [0.3, 0.4) is 0 Å². The average molecular weight is 340 g/mol. The van der Waals surface area contributed by atoms with Crippen LogP contribution in [0, 0.1) is 0 Å². The first kappa shape index (κ1) is 4.19. The van der Waals surface area contributed by atoms with Gasteiger partial charge in [-0.25, -0.2) is 0 Å². The van der Waals surface area contributed by atoms with E-state index >= 15 is 0 Å². The van der Waals surface area contributed by atoms with Gasteiger partial charge in [0.2, 0.25) is 0 Å². The fourth-order valence-corrected chi connectivity index (χ4v) is 0.896. The van der Waals surface area contributed by atoms with Crippen LogP contribution in [0.25, 0.3) is 0 Å². The van der Waals surface area contributed by atoms with Gasteiger partial charge in [-0.3, -0.25) is 0 Å². The number of phenols is 1.